The zero-order valence-corrected chi connectivity index (χ0v) is 12.7. The summed E-state index contributed by atoms with van der Waals surface area (Å²) in [5.74, 6) is 0. The molecule has 6 heteroatoms. The number of carbonyl (C=O) groups is 1. The molecule has 0 spiro atoms. The van der Waals surface area contributed by atoms with Crippen molar-refractivity contribution in [1.82, 2.24) is 5.32 Å². The van der Waals surface area contributed by atoms with Crippen LogP contribution in [0.25, 0.3) is 0 Å². The van der Waals surface area contributed by atoms with E-state index < -0.39 is 11.7 Å². The van der Waals surface area contributed by atoms with Crippen LogP contribution in [0.5, 0.6) is 0 Å². The lowest BCUT2D eigenvalue weighted by Crippen LogP contribution is -2.40. The van der Waals surface area contributed by atoms with Crippen molar-refractivity contribution in [2.45, 2.75) is 39.0 Å². The molecule has 0 aliphatic rings. The molecule has 1 aromatic heterocycles. The number of hydrogen-bond donors (Lipinski definition) is 1. The van der Waals surface area contributed by atoms with Crippen LogP contribution < -0.4 is 5.32 Å². The first-order chi connectivity index (χ1) is 8.40. The fourth-order valence-corrected chi connectivity index (χ4v) is 2.36. The van der Waals surface area contributed by atoms with Gasteiger partial charge in [0.15, 0.2) is 6.23 Å². The highest BCUT2D eigenvalue weighted by Crippen LogP contribution is 2.15. The Kier molecular flexibility index (Phi) is 5.98. The van der Waals surface area contributed by atoms with Gasteiger partial charge in [-0.2, -0.15) is 0 Å². The van der Waals surface area contributed by atoms with Crippen molar-refractivity contribution in [2.75, 3.05) is 6.26 Å². The zero-order chi connectivity index (χ0) is 13.6. The Balaban J connectivity index is 2.49. The van der Waals surface area contributed by atoms with E-state index in [1.54, 1.807) is 11.3 Å². The molecule has 18 heavy (non-hydrogen) atoms. The largest absolute Gasteiger partial charge is 0.444 e. The van der Waals surface area contributed by atoms with Gasteiger partial charge in [-0.3, -0.25) is 9.50 Å². The highest BCUT2D eigenvalue weighted by Gasteiger charge is 2.20. The summed E-state index contributed by atoms with van der Waals surface area (Å²) in [5, 5.41) is 4.71. The second-order valence-electron chi connectivity index (χ2n) is 4.68. The van der Waals surface area contributed by atoms with Crippen LogP contribution in [0.15, 0.2) is 17.5 Å². The lowest BCUT2D eigenvalue weighted by molar-refractivity contribution is 0.0418. The van der Waals surface area contributed by atoms with E-state index in [4.69, 9.17) is 8.92 Å². The van der Waals surface area contributed by atoms with Crippen LogP contribution in [0.2, 0.25) is 0 Å². The predicted molar refractivity (Wildman–Crippen MR) is 75.8 cm³/mol. The third-order valence-electron chi connectivity index (χ3n) is 1.86. The molecule has 0 radical (unpaired) electrons. The number of rotatable bonds is 5. The summed E-state index contributed by atoms with van der Waals surface area (Å²) >= 11 is 2.86. The first kappa shape index (κ1) is 15.3. The minimum absolute atomic E-state index is 0.381. The first-order valence-electron chi connectivity index (χ1n) is 5.62. The molecule has 0 saturated heterocycles. The molecule has 1 amide bonds. The Morgan fingerprint density at radius 3 is 2.78 bits per heavy atom. The van der Waals surface area contributed by atoms with Crippen molar-refractivity contribution >= 4 is 29.5 Å². The maximum atomic E-state index is 11.7. The van der Waals surface area contributed by atoms with Crippen LogP contribution in [0, 0.1) is 0 Å². The van der Waals surface area contributed by atoms with Gasteiger partial charge in [-0.05, 0) is 44.3 Å². The van der Waals surface area contributed by atoms with Crippen LogP contribution in [0.1, 0.15) is 25.6 Å². The minimum Gasteiger partial charge on any atom is -0.444 e. The standard InChI is InChI=1S/C12H19NO3S2/c1-12(2,3)15-11(14)13-10(16-17-4)8-9-6-5-7-18-9/h5-7,10H,8H2,1-4H3,(H,13,14). The molecule has 1 atom stereocenters. The molecule has 1 unspecified atom stereocenters. The molecule has 4 nitrogen and oxygen atoms in total. The fraction of sp³-hybridized carbons (Fsp3) is 0.583. The van der Waals surface area contributed by atoms with Gasteiger partial charge in [0.05, 0.1) is 0 Å². The van der Waals surface area contributed by atoms with Gasteiger partial charge in [0.2, 0.25) is 0 Å². The van der Waals surface area contributed by atoms with Gasteiger partial charge in [-0.25, -0.2) is 4.79 Å². The number of carbonyl (C=O) groups excluding carboxylic acids is 1. The van der Waals surface area contributed by atoms with E-state index in [2.05, 4.69) is 5.32 Å². The average Bonchev–Trinajstić information content (AvgIpc) is 2.67. The van der Waals surface area contributed by atoms with Gasteiger partial charge in [-0.15, -0.1) is 11.3 Å². The van der Waals surface area contributed by atoms with Crippen LogP contribution in [0.3, 0.4) is 0 Å². The van der Waals surface area contributed by atoms with Gasteiger partial charge >= 0.3 is 6.09 Å². The molecular formula is C12H19NO3S2. The molecule has 0 aromatic carbocycles. The first-order valence-corrected chi connectivity index (χ1v) is 7.65. The molecule has 1 heterocycles. The number of alkyl carbamates (subject to hydrolysis) is 1. The summed E-state index contributed by atoms with van der Waals surface area (Å²) in [5.41, 5.74) is -0.503. The highest BCUT2D eigenvalue weighted by atomic mass is 32.2. The Hall–Kier alpha value is -0.720. The third kappa shape index (κ3) is 6.28. The predicted octanol–water partition coefficient (Wildman–Crippen LogP) is 3.44. The summed E-state index contributed by atoms with van der Waals surface area (Å²) in [4.78, 5) is 12.8. The van der Waals surface area contributed by atoms with Crippen molar-refractivity contribution in [3.63, 3.8) is 0 Å². The Morgan fingerprint density at radius 2 is 2.28 bits per heavy atom. The molecule has 0 aliphatic carbocycles. The molecule has 0 bridgehead atoms. The van der Waals surface area contributed by atoms with Crippen LogP contribution in [-0.4, -0.2) is 24.2 Å². The smallest absolute Gasteiger partial charge is 0.409 e. The van der Waals surface area contributed by atoms with E-state index in [1.807, 2.05) is 44.5 Å². The Bertz CT molecular complexity index is 360. The van der Waals surface area contributed by atoms with E-state index in [-0.39, 0.29) is 6.23 Å². The average molecular weight is 289 g/mol. The second-order valence-corrected chi connectivity index (χ2v) is 6.24. The molecule has 0 aliphatic heterocycles. The van der Waals surface area contributed by atoms with Crippen LogP contribution in [0.4, 0.5) is 4.79 Å². The van der Waals surface area contributed by atoms with E-state index >= 15 is 0 Å². The van der Waals surface area contributed by atoms with Gasteiger partial charge in [-0.1, -0.05) is 6.07 Å². The van der Waals surface area contributed by atoms with Gasteiger partial charge < -0.3 is 4.74 Å². The van der Waals surface area contributed by atoms with Crippen molar-refractivity contribution in [3.8, 4) is 0 Å². The van der Waals surface area contributed by atoms with Crippen molar-refractivity contribution < 1.29 is 13.7 Å². The fourth-order valence-electron chi connectivity index (χ4n) is 1.28. The molecule has 1 aromatic rings. The number of thiophene rings is 1. The summed E-state index contributed by atoms with van der Waals surface area (Å²) in [6, 6.07) is 3.99. The maximum Gasteiger partial charge on any atom is 0.409 e. The molecule has 1 N–H and O–H groups in total. The zero-order valence-electron chi connectivity index (χ0n) is 11.1. The Labute approximate surface area is 116 Å². The molecule has 0 fully saturated rings. The van der Waals surface area contributed by atoms with Gasteiger partial charge in [0.1, 0.15) is 5.60 Å². The summed E-state index contributed by atoms with van der Waals surface area (Å²) in [6.07, 6.45) is 1.61. The van der Waals surface area contributed by atoms with Crippen LogP contribution >= 0.6 is 23.4 Å². The number of hydrogen-bond acceptors (Lipinski definition) is 5. The van der Waals surface area contributed by atoms with Crippen molar-refractivity contribution in [2.24, 2.45) is 0 Å². The monoisotopic (exact) mass is 289 g/mol. The summed E-state index contributed by atoms with van der Waals surface area (Å²) in [6.45, 7) is 5.49. The highest BCUT2D eigenvalue weighted by molar-refractivity contribution is 7.93. The Morgan fingerprint density at radius 1 is 1.56 bits per heavy atom. The second kappa shape index (κ2) is 7.01. The minimum atomic E-state index is -0.503. The van der Waals surface area contributed by atoms with E-state index in [0.717, 1.165) is 4.88 Å². The normalized spacial score (nSPS) is 13.1. The van der Waals surface area contributed by atoms with E-state index in [1.165, 1.54) is 12.0 Å². The number of ether oxygens (including phenoxy) is 1. The SMILES string of the molecule is CSOC(Cc1cccs1)NC(=O)OC(C)(C)C. The van der Waals surface area contributed by atoms with E-state index in [9.17, 15) is 4.79 Å². The summed E-state index contributed by atoms with van der Waals surface area (Å²) < 4.78 is 10.6. The van der Waals surface area contributed by atoms with Gasteiger partial charge in [0.25, 0.3) is 0 Å². The molecule has 0 saturated carbocycles. The molecule has 1 rings (SSSR count). The number of amides is 1. The van der Waals surface area contributed by atoms with Crippen molar-refractivity contribution in [1.29, 1.82) is 0 Å². The number of nitrogens with one attached hydrogen (secondary N) is 1. The van der Waals surface area contributed by atoms with Crippen molar-refractivity contribution in [3.05, 3.63) is 22.4 Å². The van der Waals surface area contributed by atoms with Crippen LogP contribution in [-0.2, 0) is 15.3 Å². The maximum absolute atomic E-state index is 11.7. The van der Waals surface area contributed by atoms with E-state index in [0.29, 0.717) is 6.42 Å². The van der Waals surface area contributed by atoms with Gasteiger partial charge in [0, 0.05) is 17.6 Å². The summed E-state index contributed by atoms with van der Waals surface area (Å²) in [7, 11) is 0. The molecular weight excluding hydrogens is 270 g/mol. The lowest BCUT2D eigenvalue weighted by Gasteiger charge is -2.22. The third-order valence-corrected chi connectivity index (χ3v) is 3.18. The molecule has 102 valence electrons. The topological polar surface area (TPSA) is 47.6 Å². The quantitative estimate of drug-likeness (QED) is 0.666. The lowest BCUT2D eigenvalue weighted by atomic mass is 10.2.